The summed E-state index contributed by atoms with van der Waals surface area (Å²) in [6.45, 7) is 0.377. The first-order valence-corrected chi connectivity index (χ1v) is 7.52. The molecule has 0 aliphatic heterocycles. The summed E-state index contributed by atoms with van der Waals surface area (Å²) >= 11 is 9.58. The van der Waals surface area contributed by atoms with E-state index in [0.29, 0.717) is 23.1 Å². The number of ether oxygens (including phenoxy) is 1. The van der Waals surface area contributed by atoms with Gasteiger partial charge in [-0.2, -0.15) is 0 Å². The lowest BCUT2D eigenvalue weighted by atomic mass is 10.1. The van der Waals surface area contributed by atoms with Gasteiger partial charge in [-0.25, -0.2) is 0 Å². The van der Waals surface area contributed by atoms with Crippen LogP contribution in [0.5, 0.6) is 5.75 Å². The van der Waals surface area contributed by atoms with Gasteiger partial charge in [0, 0.05) is 32.3 Å². The van der Waals surface area contributed by atoms with Gasteiger partial charge in [0.15, 0.2) is 0 Å². The molecule has 2 N–H and O–H groups in total. The van der Waals surface area contributed by atoms with E-state index in [2.05, 4.69) is 20.9 Å². The quantitative estimate of drug-likeness (QED) is 0.679. The predicted octanol–water partition coefficient (Wildman–Crippen LogP) is 4.81. The molecule has 0 bridgehead atoms. The average Bonchev–Trinajstić information content (AvgIpc) is 2.48. The van der Waals surface area contributed by atoms with Crippen molar-refractivity contribution >= 4 is 44.1 Å². The Morgan fingerprint density at radius 1 is 1.19 bits per heavy atom. The number of rotatable bonds is 3. The average molecular weight is 364 g/mol. The van der Waals surface area contributed by atoms with E-state index in [0.717, 1.165) is 20.9 Å². The van der Waals surface area contributed by atoms with Crippen molar-refractivity contribution in [2.75, 3.05) is 5.73 Å². The van der Waals surface area contributed by atoms with Crippen LogP contribution in [-0.2, 0) is 6.61 Å². The maximum Gasteiger partial charge on any atom is 0.146 e. The number of pyridine rings is 1. The fourth-order valence-electron chi connectivity index (χ4n) is 2.08. The highest BCUT2D eigenvalue weighted by Gasteiger charge is 2.08. The number of hydrogen-bond acceptors (Lipinski definition) is 3. The molecule has 0 saturated carbocycles. The van der Waals surface area contributed by atoms with Crippen LogP contribution in [0.1, 0.15) is 5.56 Å². The van der Waals surface area contributed by atoms with Gasteiger partial charge < -0.3 is 10.5 Å². The van der Waals surface area contributed by atoms with Crippen LogP contribution < -0.4 is 10.5 Å². The lowest BCUT2D eigenvalue weighted by molar-refractivity contribution is 0.309. The third-order valence-corrected chi connectivity index (χ3v) is 4.01. The maximum absolute atomic E-state index is 6.19. The fourth-order valence-corrected chi connectivity index (χ4v) is 2.81. The third-order valence-electron chi connectivity index (χ3n) is 3.16. The van der Waals surface area contributed by atoms with Crippen LogP contribution in [0.3, 0.4) is 0 Å². The van der Waals surface area contributed by atoms with E-state index < -0.39 is 0 Å². The first-order valence-electron chi connectivity index (χ1n) is 6.35. The Morgan fingerprint density at radius 3 is 2.86 bits per heavy atom. The highest BCUT2D eigenvalue weighted by Crippen LogP contribution is 2.29. The zero-order chi connectivity index (χ0) is 14.8. The summed E-state index contributed by atoms with van der Waals surface area (Å²) in [5, 5.41) is 1.55. The summed E-state index contributed by atoms with van der Waals surface area (Å²) in [7, 11) is 0. The maximum atomic E-state index is 6.19. The molecule has 0 saturated heterocycles. The van der Waals surface area contributed by atoms with Crippen molar-refractivity contribution in [2.24, 2.45) is 0 Å². The van der Waals surface area contributed by atoms with Gasteiger partial charge >= 0.3 is 0 Å². The Morgan fingerprint density at radius 2 is 2.05 bits per heavy atom. The Bertz CT molecular complexity index is 807. The van der Waals surface area contributed by atoms with Gasteiger partial charge in [-0.1, -0.05) is 33.6 Å². The molecule has 106 valence electrons. The van der Waals surface area contributed by atoms with Crippen LogP contribution in [0.15, 0.2) is 53.1 Å². The molecule has 0 aliphatic rings. The predicted molar refractivity (Wildman–Crippen MR) is 89.6 cm³/mol. The molecule has 3 nitrogen and oxygen atoms in total. The van der Waals surface area contributed by atoms with E-state index in [9.17, 15) is 0 Å². The standard InChI is InChI=1S/C16H12BrClN2O/c17-11-4-3-10(13(18)8-11)9-21-15-6-5-14(19)12-2-1-7-20-16(12)15/h1-8H,9,19H2. The van der Waals surface area contributed by atoms with Gasteiger partial charge in [0.25, 0.3) is 0 Å². The first-order chi connectivity index (χ1) is 10.1. The highest BCUT2D eigenvalue weighted by atomic mass is 79.9. The van der Waals surface area contributed by atoms with Gasteiger partial charge in [-0.05, 0) is 36.4 Å². The van der Waals surface area contributed by atoms with E-state index in [1.165, 1.54) is 0 Å². The van der Waals surface area contributed by atoms with Crippen molar-refractivity contribution in [3.05, 3.63) is 63.7 Å². The van der Waals surface area contributed by atoms with Gasteiger partial charge in [-0.15, -0.1) is 0 Å². The van der Waals surface area contributed by atoms with Crippen LogP contribution in [0.4, 0.5) is 5.69 Å². The molecule has 0 atom stereocenters. The second-order valence-corrected chi connectivity index (χ2v) is 5.90. The number of nitrogens with zero attached hydrogens (tertiary/aromatic N) is 1. The van der Waals surface area contributed by atoms with Gasteiger partial charge in [0.1, 0.15) is 17.9 Å². The topological polar surface area (TPSA) is 48.1 Å². The van der Waals surface area contributed by atoms with Gasteiger partial charge in [0.2, 0.25) is 0 Å². The number of anilines is 1. The van der Waals surface area contributed by atoms with Crippen LogP contribution in [0.25, 0.3) is 10.9 Å². The Balaban J connectivity index is 1.90. The van der Waals surface area contributed by atoms with Crippen LogP contribution in [0, 0.1) is 0 Å². The molecule has 21 heavy (non-hydrogen) atoms. The summed E-state index contributed by atoms with van der Waals surface area (Å²) in [6.07, 6.45) is 1.72. The number of hydrogen-bond donors (Lipinski definition) is 1. The minimum absolute atomic E-state index is 0.377. The number of benzene rings is 2. The summed E-state index contributed by atoms with van der Waals surface area (Å²) in [5.41, 5.74) is 8.31. The highest BCUT2D eigenvalue weighted by molar-refractivity contribution is 9.10. The van der Waals surface area contributed by atoms with E-state index >= 15 is 0 Å². The van der Waals surface area contributed by atoms with Crippen molar-refractivity contribution in [3.63, 3.8) is 0 Å². The van der Waals surface area contributed by atoms with Crippen molar-refractivity contribution in [1.82, 2.24) is 4.98 Å². The molecule has 2 aromatic carbocycles. The van der Waals surface area contributed by atoms with Crippen molar-refractivity contribution < 1.29 is 4.74 Å². The zero-order valence-electron chi connectivity index (χ0n) is 11.0. The minimum atomic E-state index is 0.377. The number of aromatic nitrogens is 1. The first kappa shape index (κ1) is 14.2. The molecule has 0 unspecified atom stereocenters. The minimum Gasteiger partial charge on any atom is -0.487 e. The Labute approximate surface area is 135 Å². The Kier molecular flexibility index (Phi) is 3.99. The molecule has 0 spiro atoms. The largest absolute Gasteiger partial charge is 0.487 e. The normalized spacial score (nSPS) is 10.8. The number of halogens is 2. The third kappa shape index (κ3) is 2.96. The molecule has 1 heterocycles. The molecular formula is C16H12BrClN2O. The molecule has 0 fully saturated rings. The lowest BCUT2D eigenvalue weighted by Crippen LogP contribution is -1.98. The van der Waals surface area contributed by atoms with Crippen molar-refractivity contribution in [2.45, 2.75) is 6.61 Å². The SMILES string of the molecule is Nc1ccc(OCc2ccc(Br)cc2Cl)c2ncccc12. The van der Waals surface area contributed by atoms with Crippen molar-refractivity contribution in [3.8, 4) is 5.75 Å². The molecule has 0 aliphatic carbocycles. The summed E-state index contributed by atoms with van der Waals surface area (Å²) in [6, 6.07) is 13.1. The second-order valence-electron chi connectivity index (χ2n) is 4.58. The smallest absolute Gasteiger partial charge is 0.146 e. The molecule has 1 aromatic heterocycles. The monoisotopic (exact) mass is 362 g/mol. The van der Waals surface area contributed by atoms with Crippen molar-refractivity contribution in [1.29, 1.82) is 0 Å². The van der Waals surface area contributed by atoms with E-state index in [1.807, 2.05) is 42.5 Å². The zero-order valence-corrected chi connectivity index (χ0v) is 13.4. The van der Waals surface area contributed by atoms with E-state index in [4.69, 9.17) is 22.1 Å². The van der Waals surface area contributed by atoms with E-state index in [1.54, 1.807) is 6.20 Å². The number of nitrogens with two attached hydrogens (primary N) is 1. The molecule has 3 rings (SSSR count). The summed E-state index contributed by atoms with van der Waals surface area (Å²) in [4.78, 5) is 4.35. The fraction of sp³-hybridized carbons (Fsp3) is 0.0625. The van der Waals surface area contributed by atoms with E-state index in [-0.39, 0.29) is 0 Å². The van der Waals surface area contributed by atoms with Gasteiger partial charge in [-0.3, -0.25) is 4.98 Å². The molecule has 5 heteroatoms. The molecule has 0 radical (unpaired) electrons. The lowest BCUT2D eigenvalue weighted by Gasteiger charge is -2.11. The van der Waals surface area contributed by atoms with Crippen LogP contribution in [-0.4, -0.2) is 4.98 Å². The number of fused-ring (bicyclic) bond motifs is 1. The molecule has 0 amide bonds. The van der Waals surface area contributed by atoms with Gasteiger partial charge in [0.05, 0.1) is 0 Å². The summed E-state index contributed by atoms with van der Waals surface area (Å²) < 4.78 is 6.80. The molecular weight excluding hydrogens is 352 g/mol. The Hall–Kier alpha value is -1.78. The van der Waals surface area contributed by atoms with Crippen LogP contribution >= 0.6 is 27.5 Å². The molecule has 3 aromatic rings. The number of nitrogen functional groups attached to an aromatic ring is 1. The van der Waals surface area contributed by atoms with Crippen LogP contribution in [0.2, 0.25) is 5.02 Å². The summed E-state index contributed by atoms with van der Waals surface area (Å²) in [5.74, 6) is 0.693. The second kappa shape index (κ2) is 5.92.